The molecule has 24 heavy (non-hydrogen) atoms. The van der Waals surface area contributed by atoms with E-state index in [0.717, 1.165) is 38.5 Å². The molecular weight excluding hydrogens is 322 g/mol. The minimum Gasteiger partial charge on any atom is -0.481 e. The van der Waals surface area contributed by atoms with Crippen LogP contribution >= 0.6 is 11.6 Å². The highest BCUT2D eigenvalue weighted by Crippen LogP contribution is 2.35. The molecule has 0 spiro atoms. The van der Waals surface area contributed by atoms with Crippen molar-refractivity contribution in [3.05, 3.63) is 71.2 Å². The minimum atomic E-state index is -0.864. The number of H-pyrrole nitrogens is 1. The van der Waals surface area contributed by atoms with Crippen molar-refractivity contribution in [2.75, 3.05) is 0 Å². The van der Waals surface area contributed by atoms with E-state index in [1.165, 1.54) is 0 Å². The van der Waals surface area contributed by atoms with Gasteiger partial charge in [-0.05, 0) is 34.5 Å². The van der Waals surface area contributed by atoms with E-state index in [0.29, 0.717) is 5.02 Å². The lowest BCUT2D eigenvalue weighted by Crippen LogP contribution is -2.01. The van der Waals surface area contributed by atoms with Crippen LogP contribution < -0.4 is 0 Å². The zero-order chi connectivity index (χ0) is 16.7. The fourth-order valence-corrected chi connectivity index (χ4v) is 3.40. The summed E-state index contributed by atoms with van der Waals surface area (Å²) in [7, 11) is 0. The van der Waals surface area contributed by atoms with Crippen LogP contribution in [-0.4, -0.2) is 16.1 Å². The number of fused-ring (bicyclic) bond motifs is 2. The van der Waals surface area contributed by atoms with Crippen LogP contribution in [0.15, 0.2) is 60.7 Å². The summed E-state index contributed by atoms with van der Waals surface area (Å²) in [5.74, 6) is -0.864. The molecule has 1 aromatic heterocycles. The van der Waals surface area contributed by atoms with Crippen LogP contribution in [0, 0.1) is 0 Å². The molecule has 2 N–H and O–H groups in total. The Morgan fingerprint density at radius 1 is 1.00 bits per heavy atom. The number of halogens is 1. The fraction of sp³-hybridized carbons (Fsp3) is 0.0500. The molecule has 4 rings (SSSR count). The number of carbonyl (C=O) groups is 1. The smallest absolute Gasteiger partial charge is 0.307 e. The first kappa shape index (κ1) is 14.8. The van der Waals surface area contributed by atoms with Gasteiger partial charge in [-0.15, -0.1) is 0 Å². The molecular formula is C20H14ClNO2. The summed E-state index contributed by atoms with van der Waals surface area (Å²) in [6, 6.07) is 19.6. The summed E-state index contributed by atoms with van der Waals surface area (Å²) in [5, 5.41) is 13.0. The molecule has 4 heteroatoms. The van der Waals surface area contributed by atoms with E-state index in [9.17, 15) is 9.90 Å². The number of nitrogens with one attached hydrogen (secondary N) is 1. The second-order valence-corrected chi connectivity index (χ2v) is 6.20. The SMILES string of the molecule is O=C(O)Cc1c(-c2cccc3ccccc23)[nH]c2ccc(Cl)cc12. The van der Waals surface area contributed by atoms with Gasteiger partial charge in [0.15, 0.2) is 0 Å². The van der Waals surface area contributed by atoms with E-state index in [-0.39, 0.29) is 6.42 Å². The maximum Gasteiger partial charge on any atom is 0.307 e. The summed E-state index contributed by atoms with van der Waals surface area (Å²) >= 11 is 6.12. The number of aliphatic carboxylic acids is 1. The highest BCUT2D eigenvalue weighted by atomic mass is 35.5. The van der Waals surface area contributed by atoms with Crippen molar-refractivity contribution in [2.24, 2.45) is 0 Å². The standard InChI is InChI=1S/C20H14ClNO2/c21-13-8-9-18-16(10-13)17(11-19(23)24)20(22-18)15-7-3-5-12-4-1-2-6-14(12)15/h1-10,22H,11H2,(H,23,24). The summed E-state index contributed by atoms with van der Waals surface area (Å²) in [6.45, 7) is 0. The topological polar surface area (TPSA) is 53.1 Å². The molecule has 118 valence electrons. The Morgan fingerprint density at radius 3 is 2.62 bits per heavy atom. The molecule has 0 aliphatic rings. The van der Waals surface area contributed by atoms with Crippen LogP contribution in [0.3, 0.4) is 0 Å². The van der Waals surface area contributed by atoms with Crippen molar-refractivity contribution < 1.29 is 9.90 Å². The van der Waals surface area contributed by atoms with Crippen LogP contribution in [0.5, 0.6) is 0 Å². The Morgan fingerprint density at radius 2 is 1.79 bits per heavy atom. The average Bonchev–Trinajstić information content (AvgIpc) is 2.91. The summed E-state index contributed by atoms with van der Waals surface area (Å²) in [4.78, 5) is 14.8. The van der Waals surface area contributed by atoms with Crippen LogP contribution in [0.1, 0.15) is 5.56 Å². The van der Waals surface area contributed by atoms with Gasteiger partial charge in [-0.3, -0.25) is 4.79 Å². The molecule has 0 amide bonds. The van der Waals surface area contributed by atoms with Gasteiger partial charge in [-0.1, -0.05) is 54.1 Å². The normalized spacial score (nSPS) is 11.2. The number of rotatable bonds is 3. The fourth-order valence-electron chi connectivity index (χ4n) is 3.23. The number of hydrogen-bond acceptors (Lipinski definition) is 1. The van der Waals surface area contributed by atoms with Gasteiger partial charge in [-0.2, -0.15) is 0 Å². The van der Waals surface area contributed by atoms with Gasteiger partial charge in [-0.25, -0.2) is 0 Å². The van der Waals surface area contributed by atoms with E-state index in [1.54, 1.807) is 6.07 Å². The van der Waals surface area contributed by atoms with Crippen molar-refractivity contribution in [1.82, 2.24) is 4.98 Å². The van der Waals surface area contributed by atoms with Crippen molar-refractivity contribution >= 4 is 39.2 Å². The number of hydrogen-bond donors (Lipinski definition) is 2. The summed E-state index contributed by atoms with van der Waals surface area (Å²) in [6.07, 6.45) is -0.0567. The number of carboxylic acid groups (broad SMARTS) is 1. The number of aromatic nitrogens is 1. The molecule has 0 fully saturated rings. The van der Waals surface area contributed by atoms with E-state index in [4.69, 9.17) is 11.6 Å². The Bertz CT molecular complexity index is 1080. The molecule has 3 aromatic carbocycles. The summed E-state index contributed by atoms with van der Waals surface area (Å²) in [5.41, 5.74) is 3.48. The maximum absolute atomic E-state index is 11.4. The Hall–Kier alpha value is -2.78. The third kappa shape index (κ3) is 2.43. The lowest BCUT2D eigenvalue weighted by Gasteiger charge is -2.07. The van der Waals surface area contributed by atoms with E-state index < -0.39 is 5.97 Å². The molecule has 0 bridgehead atoms. The molecule has 0 atom stereocenters. The lowest BCUT2D eigenvalue weighted by atomic mass is 9.98. The predicted octanol–water partition coefficient (Wildman–Crippen LogP) is 5.27. The highest BCUT2D eigenvalue weighted by molar-refractivity contribution is 6.31. The van der Waals surface area contributed by atoms with Crippen molar-refractivity contribution in [3.8, 4) is 11.3 Å². The second kappa shape index (κ2) is 5.69. The van der Waals surface area contributed by atoms with E-state index in [1.807, 2.05) is 42.5 Å². The number of carboxylic acids is 1. The first-order valence-corrected chi connectivity index (χ1v) is 8.01. The van der Waals surface area contributed by atoms with Crippen LogP contribution in [0.2, 0.25) is 5.02 Å². The average molecular weight is 336 g/mol. The van der Waals surface area contributed by atoms with Crippen LogP contribution in [-0.2, 0) is 11.2 Å². The van der Waals surface area contributed by atoms with Gasteiger partial charge in [0.2, 0.25) is 0 Å². The predicted molar refractivity (Wildman–Crippen MR) is 97.6 cm³/mol. The molecule has 4 aromatic rings. The number of aromatic amines is 1. The monoisotopic (exact) mass is 335 g/mol. The molecule has 0 saturated heterocycles. The summed E-state index contributed by atoms with van der Waals surface area (Å²) < 4.78 is 0. The van der Waals surface area contributed by atoms with E-state index in [2.05, 4.69) is 17.1 Å². The minimum absolute atomic E-state index is 0.0567. The van der Waals surface area contributed by atoms with Gasteiger partial charge in [0.1, 0.15) is 0 Å². The molecule has 0 aliphatic heterocycles. The van der Waals surface area contributed by atoms with Gasteiger partial charge in [0, 0.05) is 21.5 Å². The molecule has 3 nitrogen and oxygen atoms in total. The zero-order valence-corrected chi connectivity index (χ0v) is 13.5. The lowest BCUT2D eigenvalue weighted by molar-refractivity contribution is -0.136. The molecule has 0 aliphatic carbocycles. The van der Waals surface area contributed by atoms with Crippen molar-refractivity contribution in [3.63, 3.8) is 0 Å². The van der Waals surface area contributed by atoms with Crippen molar-refractivity contribution in [2.45, 2.75) is 6.42 Å². The first-order valence-electron chi connectivity index (χ1n) is 7.63. The first-order chi connectivity index (χ1) is 11.6. The maximum atomic E-state index is 11.4. The number of benzene rings is 3. The molecule has 1 heterocycles. The third-order valence-corrected chi connectivity index (χ3v) is 4.49. The van der Waals surface area contributed by atoms with Gasteiger partial charge >= 0.3 is 5.97 Å². The van der Waals surface area contributed by atoms with Crippen molar-refractivity contribution in [1.29, 1.82) is 0 Å². The Labute approximate surface area is 143 Å². The largest absolute Gasteiger partial charge is 0.481 e. The van der Waals surface area contributed by atoms with Crippen LogP contribution in [0.25, 0.3) is 32.9 Å². The molecule has 0 saturated carbocycles. The van der Waals surface area contributed by atoms with Gasteiger partial charge < -0.3 is 10.1 Å². The van der Waals surface area contributed by atoms with Gasteiger partial charge in [0.05, 0.1) is 12.1 Å². The zero-order valence-electron chi connectivity index (χ0n) is 12.7. The van der Waals surface area contributed by atoms with Gasteiger partial charge in [0.25, 0.3) is 0 Å². The van der Waals surface area contributed by atoms with E-state index >= 15 is 0 Å². The second-order valence-electron chi connectivity index (χ2n) is 5.77. The quantitative estimate of drug-likeness (QED) is 0.536. The third-order valence-electron chi connectivity index (χ3n) is 4.26. The molecule has 0 radical (unpaired) electrons. The Kier molecular flexibility index (Phi) is 3.51. The van der Waals surface area contributed by atoms with Crippen LogP contribution in [0.4, 0.5) is 0 Å². The highest BCUT2D eigenvalue weighted by Gasteiger charge is 2.17. The Balaban J connectivity index is 2.06. The molecule has 0 unspecified atom stereocenters.